The van der Waals surface area contributed by atoms with Crippen molar-refractivity contribution in [3.8, 4) is 0 Å². The smallest absolute Gasteiger partial charge is 0.294 e. The van der Waals surface area contributed by atoms with Crippen molar-refractivity contribution in [1.82, 2.24) is 0 Å². The molecule has 1 rings (SSSR count). The first-order valence-electron chi connectivity index (χ1n) is 13.4. The molecule has 0 aliphatic heterocycles. The summed E-state index contributed by atoms with van der Waals surface area (Å²) < 4.78 is 51.0. The summed E-state index contributed by atoms with van der Waals surface area (Å²) in [6.07, 6.45) is 13.5. The van der Waals surface area contributed by atoms with Crippen LogP contribution in [0.4, 0.5) is 0 Å². The summed E-state index contributed by atoms with van der Waals surface area (Å²) in [4.78, 5) is -0.0666. The molecule has 9 heteroatoms. The van der Waals surface area contributed by atoms with Gasteiger partial charge in [0.05, 0.1) is 57.8 Å². The van der Waals surface area contributed by atoms with Gasteiger partial charge < -0.3 is 24.1 Å². The fraction of sp³-hybridized carbons (Fsp3) is 0.778. The molecule has 0 atom stereocenters. The predicted octanol–water partition coefficient (Wildman–Crippen LogP) is 5.21. The standard InChI is InChI=1S/C20H42O5.C7H8O3S/c1-2-3-4-5-6-7-8-9-10-11-13-22-15-17-24-19-20-25-18-16-23-14-12-21;1-6-2-4-7(5-3-6)11(8,9)10/h21H,2-20H2,1H3;2-5H,1H3,(H,8,9,10). The van der Waals surface area contributed by atoms with Crippen LogP contribution in [-0.2, 0) is 29.1 Å². The lowest BCUT2D eigenvalue weighted by Crippen LogP contribution is -2.12. The van der Waals surface area contributed by atoms with Crippen LogP contribution in [0.25, 0.3) is 0 Å². The van der Waals surface area contributed by atoms with Crippen LogP contribution in [0.2, 0.25) is 0 Å². The second kappa shape index (κ2) is 25.6. The molecular weight excluding hydrogens is 484 g/mol. The number of aliphatic hydroxyl groups excluding tert-OH is 1. The highest BCUT2D eigenvalue weighted by Crippen LogP contribution is 2.10. The van der Waals surface area contributed by atoms with E-state index >= 15 is 0 Å². The van der Waals surface area contributed by atoms with Crippen molar-refractivity contribution in [2.45, 2.75) is 83.0 Å². The fourth-order valence-corrected chi connectivity index (χ4v) is 3.71. The maximum Gasteiger partial charge on any atom is 0.294 e. The average molecular weight is 535 g/mol. The molecule has 36 heavy (non-hydrogen) atoms. The van der Waals surface area contributed by atoms with Gasteiger partial charge in [-0.2, -0.15) is 8.42 Å². The number of benzene rings is 1. The molecule has 0 radical (unpaired) electrons. The molecule has 0 amide bonds. The van der Waals surface area contributed by atoms with Crippen molar-refractivity contribution in [2.75, 3.05) is 59.5 Å². The van der Waals surface area contributed by atoms with Gasteiger partial charge in [0, 0.05) is 6.61 Å². The topological polar surface area (TPSA) is 112 Å². The summed E-state index contributed by atoms with van der Waals surface area (Å²) >= 11 is 0. The number of hydrogen-bond acceptors (Lipinski definition) is 7. The van der Waals surface area contributed by atoms with Gasteiger partial charge >= 0.3 is 0 Å². The zero-order valence-corrected chi connectivity index (χ0v) is 23.3. The van der Waals surface area contributed by atoms with Gasteiger partial charge in [-0.1, -0.05) is 82.4 Å². The Labute approximate surface area is 219 Å². The molecular formula is C27H50O8S. The lowest BCUT2D eigenvalue weighted by Gasteiger charge is -2.07. The van der Waals surface area contributed by atoms with Crippen LogP contribution in [0, 0.1) is 6.92 Å². The number of rotatable bonds is 23. The number of hydrogen-bond donors (Lipinski definition) is 2. The van der Waals surface area contributed by atoms with Gasteiger partial charge in [-0.25, -0.2) is 0 Å². The summed E-state index contributed by atoms with van der Waals surface area (Å²) in [6, 6.07) is 5.99. The molecule has 0 aliphatic rings. The summed E-state index contributed by atoms with van der Waals surface area (Å²) in [7, 11) is -4.02. The number of aryl methyl sites for hydroxylation is 1. The Balaban J connectivity index is 0.000000918. The van der Waals surface area contributed by atoms with Crippen LogP contribution in [0.5, 0.6) is 0 Å². The summed E-state index contributed by atoms with van der Waals surface area (Å²) in [6.45, 7) is 8.89. The molecule has 1 aromatic rings. The number of unbranched alkanes of at least 4 members (excludes halogenated alkanes) is 9. The molecule has 212 valence electrons. The van der Waals surface area contributed by atoms with E-state index in [1.165, 1.54) is 69.9 Å². The normalized spacial score (nSPS) is 11.3. The molecule has 1 aromatic carbocycles. The van der Waals surface area contributed by atoms with Crippen molar-refractivity contribution in [2.24, 2.45) is 0 Å². The largest absolute Gasteiger partial charge is 0.394 e. The molecule has 0 aromatic heterocycles. The second-order valence-electron chi connectivity index (χ2n) is 8.64. The van der Waals surface area contributed by atoms with Crippen LogP contribution in [0.3, 0.4) is 0 Å². The van der Waals surface area contributed by atoms with E-state index in [0.29, 0.717) is 46.2 Å². The summed E-state index contributed by atoms with van der Waals surface area (Å²) in [5.41, 5.74) is 0.956. The van der Waals surface area contributed by atoms with Gasteiger partial charge in [-0.15, -0.1) is 0 Å². The van der Waals surface area contributed by atoms with Crippen molar-refractivity contribution < 1.29 is 37.0 Å². The van der Waals surface area contributed by atoms with Crippen LogP contribution in [0.15, 0.2) is 29.2 Å². The first kappa shape index (κ1) is 34.9. The van der Waals surface area contributed by atoms with E-state index in [2.05, 4.69) is 6.92 Å². The van der Waals surface area contributed by atoms with Crippen LogP contribution < -0.4 is 0 Å². The fourth-order valence-electron chi connectivity index (χ4n) is 3.23. The summed E-state index contributed by atoms with van der Waals surface area (Å²) in [5, 5.41) is 8.53. The molecule has 0 saturated heterocycles. The predicted molar refractivity (Wildman–Crippen MR) is 143 cm³/mol. The third-order valence-electron chi connectivity index (χ3n) is 5.31. The van der Waals surface area contributed by atoms with Gasteiger partial charge in [0.15, 0.2) is 0 Å². The minimum atomic E-state index is -4.02. The van der Waals surface area contributed by atoms with Crippen LogP contribution in [0.1, 0.15) is 76.7 Å². The molecule has 0 heterocycles. The molecule has 0 bridgehead atoms. The zero-order chi connectivity index (χ0) is 26.7. The highest BCUT2D eigenvalue weighted by molar-refractivity contribution is 7.85. The Kier molecular flexibility index (Phi) is 24.8. The van der Waals surface area contributed by atoms with E-state index in [0.717, 1.165) is 18.6 Å². The molecule has 0 saturated carbocycles. The minimum Gasteiger partial charge on any atom is -0.394 e. The van der Waals surface area contributed by atoms with Gasteiger partial charge in [0.25, 0.3) is 10.1 Å². The van der Waals surface area contributed by atoms with Gasteiger partial charge in [-0.3, -0.25) is 4.55 Å². The highest BCUT2D eigenvalue weighted by atomic mass is 32.2. The molecule has 8 nitrogen and oxygen atoms in total. The van der Waals surface area contributed by atoms with Crippen LogP contribution in [-0.4, -0.2) is 77.5 Å². The van der Waals surface area contributed by atoms with E-state index < -0.39 is 10.1 Å². The Hall–Kier alpha value is -1.07. The Bertz CT molecular complexity index is 658. The Morgan fingerprint density at radius 2 is 1.00 bits per heavy atom. The molecule has 0 fully saturated rings. The second-order valence-corrected chi connectivity index (χ2v) is 10.1. The molecule has 0 aliphatic carbocycles. The van der Waals surface area contributed by atoms with Crippen molar-refractivity contribution >= 4 is 10.1 Å². The quantitative estimate of drug-likeness (QED) is 0.145. The highest BCUT2D eigenvalue weighted by Gasteiger charge is 2.06. The zero-order valence-electron chi connectivity index (χ0n) is 22.5. The maximum atomic E-state index is 10.5. The van der Waals surface area contributed by atoms with E-state index in [9.17, 15) is 8.42 Å². The van der Waals surface area contributed by atoms with Crippen LogP contribution >= 0.6 is 0 Å². The molecule has 0 unspecified atom stereocenters. The van der Waals surface area contributed by atoms with Crippen molar-refractivity contribution in [3.05, 3.63) is 29.8 Å². The molecule has 0 spiro atoms. The van der Waals surface area contributed by atoms with E-state index in [-0.39, 0.29) is 11.5 Å². The first-order chi connectivity index (χ1) is 17.4. The lowest BCUT2D eigenvalue weighted by atomic mass is 10.1. The summed E-state index contributed by atoms with van der Waals surface area (Å²) in [5.74, 6) is 0. The van der Waals surface area contributed by atoms with Crippen molar-refractivity contribution in [1.29, 1.82) is 0 Å². The Morgan fingerprint density at radius 3 is 1.42 bits per heavy atom. The Morgan fingerprint density at radius 1 is 0.611 bits per heavy atom. The number of aliphatic hydroxyl groups is 1. The first-order valence-corrected chi connectivity index (χ1v) is 14.8. The molecule has 2 N–H and O–H groups in total. The third-order valence-corrected chi connectivity index (χ3v) is 6.18. The van der Waals surface area contributed by atoms with Gasteiger partial charge in [0.1, 0.15) is 0 Å². The van der Waals surface area contributed by atoms with Gasteiger partial charge in [-0.05, 0) is 25.5 Å². The average Bonchev–Trinajstić information content (AvgIpc) is 2.85. The number of ether oxygens (including phenoxy) is 4. The lowest BCUT2D eigenvalue weighted by molar-refractivity contribution is -0.00577. The maximum absolute atomic E-state index is 10.5. The van der Waals surface area contributed by atoms with E-state index in [1.807, 2.05) is 6.92 Å². The monoisotopic (exact) mass is 534 g/mol. The third kappa shape index (κ3) is 24.6. The SMILES string of the molecule is CCCCCCCCCCCCOCCOCCOCCOCCO.Cc1ccc(S(=O)(=O)O)cc1. The van der Waals surface area contributed by atoms with Gasteiger partial charge in [0.2, 0.25) is 0 Å². The van der Waals surface area contributed by atoms with E-state index in [4.69, 9.17) is 28.6 Å². The van der Waals surface area contributed by atoms with E-state index in [1.54, 1.807) is 12.1 Å². The van der Waals surface area contributed by atoms with Crippen molar-refractivity contribution in [3.63, 3.8) is 0 Å². The minimum absolute atomic E-state index is 0.0578.